The lowest BCUT2D eigenvalue weighted by atomic mass is 10.00. The van der Waals surface area contributed by atoms with E-state index >= 15 is 0 Å². The number of amides is 1. The molecule has 1 aromatic heterocycles. The van der Waals surface area contributed by atoms with Crippen molar-refractivity contribution in [3.8, 4) is 22.8 Å². The minimum absolute atomic E-state index is 0.0753. The first-order valence-electron chi connectivity index (χ1n) is 11.0. The molecule has 0 unspecified atom stereocenters. The van der Waals surface area contributed by atoms with E-state index in [1.807, 2.05) is 41.4 Å². The van der Waals surface area contributed by atoms with E-state index in [0.717, 1.165) is 37.1 Å². The molecule has 1 saturated heterocycles. The molecule has 7 nitrogen and oxygen atoms in total. The maximum Gasteiger partial charge on any atom is 0.244 e. The highest BCUT2D eigenvalue weighted by Gasteiger charge is 2.22. The number of hydrogen-bond donors (Lipinski definition) is 0. The molecule has 1 fully saturated rings. The molecule has 32 heavy (non-hydrogen) atoms. The van der Waals surface area contributed by atoms with Gasteiger partial charge in [0, 0.05) is 31.3 Å². The van der Waals surface area contributed by atoms with Crippen molar-refractivity contribution in [2.45, 2.75) is 38.6 Å². The van der Waals surface area contributed by atoms with Gasteiger partial charge in [-0.25, -0.2) is 0 Å². The number of carbonyl (C=O) groups excluding carboxylic acids is 1. The number of fused-ring (bicyclic) bond motifs is 1. The molecule has 0 spiro atoms. The topological polar surface area (TPSA) is 65.8 Å². The Kier molecular flexibility index (Phi) is 5.81. The summed E-state index contributed by atoms with van der Waals surface area (Å²) in [5.41, 5.74) is 4.24. The highest BCUT2D eigenvalue weighted by atomic mass is 16.7. The third kappa shape index (κ3) is 4.34. The van der Waals surface area contributed by atoms with Crippen LogP contribution in [0.2, 0.25) is 0 Å². The van der Waals surface area contributed by atoms with Crippen molar-refractivity contribution in [1.29, 1.82) is 0 Å². The highest BCUT2D eigenvalue weighted by Crippen LogP contribution is 2.34. The molecule has 0 N–H and O–H groups in total. The normalized spacial score (nSPS) is 17.8. The lowest BCUT2D eigenvalue weighted by Gasteiger charge is -2.28. The van der Waals surface area contributed by atoms with E-state index < -0.39 is 0 Å². The summed E-state index contributed by atoms with van der Waals surface area (Å²) in [6, 6.07) is 16.0. The number of aromatic nitrogens is 2. The first-order chi connectivity index (χ1) is 15.7. The summed E-state index contributed by atoms with van der Waals surface area (Å²) in [6.07, 6.45) is 4.35. The number of benzene rings is 2. The predicted octanol–water partition coefficient (Wildman–Crippen LogP) is 3.66. The highest BCUT2D eigenvalue weighted by molar-refractivity contribution is 5.76. The molecule has 3 aromatic rings. The first-order valence-corrected chi connectivity index (χ1v) is 11.0. The minimum Gasteiger partial charge on any atom is -0.493 e. The van der Waals surface area contributed by atoms with Gasteiger partial charge in [-0.05, 0) is 48.2 Å². The van der Waals surface area contributed by atoms with E-state index in [-0.39, 0.29) is 18.7 Å². The van der Waals surface area contributed by atoms with Crippen LogP contribution in [0.1, 0.15) is 24.0 Å². The smallest absolute Gasteiger partial charge is 0.244 e. The number of nitrogens with zero attached hydrogens (tertiary/aromatic N) is 3. The lowest BCUT2D eigenvalue weighted by molar-refractivity contribution is -0.132. The van der Waals surface area contributed by atoms with E-state index in [1.165, 1.54) is 11.1 Å². The van der Waals surface area contributed by atoms with Crippen LogP contribution >= 0.6 is 0 Å². The minimum atomic E-state index is -0.246. The number of ether oxygens (including phenoxy) is 3. The first kappa shape index (κ1) is 20.6. The van der Waals surface area contributed by atoms with E-state index in [1.54, 1.807) is 11.8 Å². The van der Waals surface area contributed by atoms with Crippen LogP contribution in [-0.4, -0.2) is 47.1 Å². The molecule has 0 bridgehead atoms. The second-order valence-electron chi connectivity index (χ2n) is 8.16. The van der Waals surface area contributed by atoms with Crippen LogP contribution in [0.15, 0.2) is 54.7 Å². The number of hydrogen-bond acceptors (Lipinski definition) is 5. The van der Waals surface area contributed by atoms with Crippen molar-refractivity contribution in [3.63, 3.8) is 0 Å². The molecule has 2 aliphatic heterocycles. The Labute approximate surface area is 187 Å². The van der Waals surface area contributed by atoms with Gasteiger partial charge in [0.05, 0.1) is 19.4 Å². The van der Waals surface area contributed by atoms with Gasteiger partial charge in [0.15, 0.2) is 17.8 Å². The van der Waals surface area contributed by atoms with Gasteiger partial charge in [0.1, 0.15) is 6.54 Å². The van der Waals surface area contributed by atoms with Crippen molar-refractivity contribution in [1.82, 2.24) is 14.7 Å². The van der Waals surface area contributed by atoms with Crippen molar-refractivity contribution >= 4 is 5.91 Å². The summed E-state index contributed by atoms with van der Waals surface area (Å²) < 4.78 is 18.7. The molecule has 2 aliphatic rings. The van der Waals surface area contributed by atoms with E-state index in [9.17, 15) is 4.79 Å². The maximum atomic E-state index is 12.9. The Hall–Kier alpha value is -3.32. The van der Waals surface area contributed by atoms with Crippen molar-refractivity contribution in [3.05, 3.63) is 65.9 Å². The SMILES string of the molecule is COc1ccc(-c2ccn(CC(=O)N3CCc4ccccc4C3)n2)cc1O[C@H]1CCCO1. The standard InChI is InChI=1S/C25H27N3O4/c1-30-22-9-8-19(15-23(22)32-25-7-4-14-31-25)21-11-13-28(26-21)17-24(29)27-12-10-18-5-2-3-6-20(18)16-27/h2-3,5-6,8-9,11,13,15,25H,4,7,10,12,14,16-17H2,1H3/t25-/m0/s1. The third-order valence-electron chi connectivity index (χ3n) is 6.03. The van der Waals surface area contributed by atoms with Crippen LogP contribution in [0.25, 0.3) is 11.3 Å². The monoisotopic (exact) mass is 433 g/mol. The fourth-order valence-electron chi connectivity index (χ4n) is 4.26. The quantitative estimate of drug-likeness (QED) is 0.594. The molecule has 2 aromatic carbocycles. The van der Waals surface area contributed by atoms with Gasteiger partial charge in [0.2, 0.25) is 5.91 Å². The largest absolute Gasteiger partial charge is 0.493 e. The molecule has 7 heteroatoms. The Bertz CT molecular complexity index is 1100. The zero-order valence-corrected chi connectivity index (χ0v) is 18.2. The molecule has 0 saturated carbocycles. The second-order valence-corrected chi connectivity index (χ2v) is 8.16. The molecule has 1 amide bonds. The molecular formula is C25H27N3O4. The molecular weight excluding hydrogens is 406 g/mol. The molecule has 3 heterocycles. The van der Waals surface area contributed by atoms with Crippen LogP contribution in [0.3, 0.4) is 0 Å². The average Bonchev–Trinajstić information content (AvgIpc) is 3.51. The molecule has 166 valence electrons. The summed E-state index contributed by atoms with van der Waals surface area (Å²) in [4.78, 5) is 14.8. The summed E-state index contributed by atoms with van der Waals surface area (Å²) in [6.45, 7) is 2.34. The fourth-order valence-corrected chi connectivity index (χ4v) is 4.26. The fraction of sp³-hybridized carbons (Fsp3) is 0.360. The number of methoxy groups -OCH3 is 1. The van der Waals surface area contributed by atoms with E-state index in [2.05, 4.69) is 23.3 Å². The Morgan fingerprint density at radius 3 is 2.84 bits per heavy atom. The van der Waals surface area contributed by atoms with Crippen molar-refractivity contribution in [2.24, 2.45) is 0 Å². The Morgan fingerprint density at radius 1 is 1.16 bits per heavy atom. The summed E-state index contributed by atoms with van der Waals surface area (Å²) in [7, 11) is 1.62. The maximum absolute atomic E-state index is 12.9. The summed E-state index contributed by atoms with van der Waals surface area (Å²) in [5.74, 6) is 1.37. The van der Waals surface area contributed by atoms with Gasteiger partial charge in [-0.1, -0.05) is 24.3 Å². The molecule has 5 rings (SSSR count). The zero-order valence-electron chi connectivity index (χ0n) is 18.2. The lowest BCUT2D eigenvalue weighted by Crippen LogP contribution is -2.38. The van der Waals surface area contributed by atoms with E-state index in [0.29, 0.717) is 24.7 Å². The van der Waals surface area contributed by atoms with Gasteiger partial charge in [0.25, 0.3) is 0 Å². The van der Waals surface area contributed by atoms with Crippen molar-refractivity contribution < 1.29 is 19.0 Å². The number of rotatable bonds is 6. The molecule has 1 atom stereocenters. The van der Waals surface area contributed by atoms with Gasteiger partial charge in [-0.3, -0.25) is 9.48 Å². The second kappa shape index (κ2) is 9.04. The van der Waals surface area contributed by atoms with Crippen LogP contribution in [0.5, 0.6) is 11.5 Å². The zero-order chi connectivity index (χ0) is 21.9. The van der Waals surface area contributed by atoms with Crippen LogP contribution < -0.4 is 9.47 Å². The average molecular weight is 434 g/mol. The van der Waals surface area contributed by atoms with Crippen molar-refractivity contribution in [2.75, 3.05) is 20.3 Å². The Morgan fingerprint density at radius 2 is 2.03 bits per heavy atom. The molecule has 0 radical (unpaired) electrons. The van der Waals surface area contributed by atoms with E-state index in [4.69, 9.17) is 14.2 Å². The van der Waals surface area contributed by atoms with Gasteiger partial charge >= 0.3 is 0 Å². The van der Waals surface area contributed by atoms with Crippen LogP contribution in [-0.2, 0) is 29.0 Å². The summed E-state index contributed by atoms with van der Waals surface area (Å²) in [5, 5.41) is 4.63. The number of carbonyl (C=O) groups is 1. The third-order valence-corrected chi connectivity index (χ3v) is 6.03. The predicted molar refractivity (Wildman–Crippen MR) is 119 cm³/mol. The molecule has 0 aliphatic carbocycles. The van der Waals surface area contributed by atoms with Crippen LogP contribution in [0.4, 0.5) is 0 Å². The van der Waals surface area contributed by atoms with Crippen LogP contribution in [0, 0.1) is 0 Å². The van der Waals surface area contributed by atoms with Gasteiger partial charge in [-0.2, -0.15) is 5.10 Å². The summed E-state index contributed by atoms with van der Waals surface area (Å²) >= 11 is 0. The Balaban J connectivity index is 1.28. The van der Waals surface area contributed by atoms with Gasteiger partial charge < -0.3 is 19.1 Å². The van der Waals surface area contributed by atoms with Gasteiger partial charge in [-0.15, -0.1) is 0 Å².